The summed E-state index contributed by atoms with van der Waals surface area (Å²) >= 11 is 3.66. The fourth-order valence-electron chi connectivity index (χ4n) is 2.50. The maximum atomic E-state index is 5.79. The topological polar surface area (TPSA) is 33.7 Å². The molecule has 0 spiro atoms. The van der Waals surface area contributed by atoms with E-state index >= 15 is 0 Å². The largest absolute Gasteiger partial charge is 0.490 e. The second-order valence-corrected chi connectivity index (χ2v) is 6.58. The van der Waals surface area contributed by atoms with Crippen LogP contribution in [0.1, 0.15) is 46.1 Å². The normalized spacial score (nSPS) is 11.1. The molecule has 0 saturated heterocycles. The van der Waals surface area contributed by atoms with Gasteiger partial charge in [-0.15, -0.1) is 0 Å². The van der Waals surface area contributed by atoms with E-state index in [-0.39, 0.29) is 0 Å². The molecule has 1 aromatic carbocycles. The SMILES string of the molecule is CCCOc1cc(Br)c(CNCCCN(CC)CC)cc1OCC. The molecule has 0 atom stereocenters. The van der Waals surface area contributed by atoms with Gasteiger partial charge in [-0.3, -0.25) is 0 Å². The molecule has 0 aliphatic carbocycles. The van der Waals surface area contributed by atoms with E-state index in [1.807, 2.05) is 13.0 Å². The third-order valence-corrected chi connectivity index (χ3v) is 4.65. The number of nitrogens with one attached hydrogen (secondary N) is 1. The third-order valence-electron chi connectivity index (χ3n) is 3.91. The van der Waals surface area contributed by atoms with Crippen LogP contribution in [0.3, 0.4) is 0 Å². The molecule has 24 heavy (non-hydrogen) atoms. The minimum Gasteiger partial charge on any atom is -0.490 e. The quantitative estimate of drug-likeness (QED) is 0.495. The lowest BCUT2D eigenvalue weighted by Crippen LogP contribution is -2.27. The summed E-state index contributed by atoms with van der Waals surface area (Å²) in [7, 11) is 0. The van der Waals surface area contributed by atoms with Gasteiger partial charge in [-0.05, 0) is 63.6 Å². The lowest BCUT2D eigenvalue weighted by Gasteiger charge is -2.18. The van der Waals surface area contributed by atoms with E-state index in [0.29, 0.717) is 13.2 Å². The molecule has 0 aliphatic heterocycles. The number of hydrogen-bond donors (Lipinski definition) is 1. The number of hydrogen-bond acceptors (Lipinski definition) is 4. The molecular weight excluding hydrogens is 368 g/mol. The van der Waals surface area contributed by atoms with E-state index in [1.54, 1.807) is 0 Å². The van der Waals surface area contributed by atoms with Crippen LogP contribution in [0.25, 0.3) is 0 Å². The summed E-state index contributed by atoms with van der Waals surface area (Å²) < 4.78 is 12.6. The van der Waals surface area contributed by atoms with Gasteiger partial charge in [0.25, 0.3) is 0 Å². The number of benzene rings is 1. The van der Waals surface area contributed by atoms with Gasteiger partial charge in [0.2, 0.25) is 0 Å². The van der Waals surface area contributed by atoms with Crippen molar-refractivity contribution in [2.75, 3.05) is 39.4 Å². The van der Waals surface area contributed by atoms with Crippen LogP contribution in [0, 0.1) is 0 Å². The molecule has 0 aliphatic rings. The van der Waals surface area contributed by atoms with E-state index in [1.165, 1.54) is 5.56 Å². The Kier molecular flexibility index (Phi) is 11.1. The summed E-state index contributed by atoms with van der Waals surface area (Å²) in [4.78, 5) is 2.45. The Morgan fingerprint density at radius 1 is 1.04 bits per heavy atom. The van der Waals surface area contributed by atoms with Crippen LogP contribution in [0.5, 0.6) is 11.5 Å². The third kappa shape index (κ3) is 7.41. The fraction of sp³-hybridized carbons (Fsp3) is 0.684. The van der Waals surface area contributed by atoms with Crippen LogP contribution < -0.4 is 14.8 Å². The van der Waals surface area contributed by atoms with Crippen molar-refractivity contribution in [3.63, 3.8) is 0 Å². The standard InChI is InChI=1S/C19H33BrN2O2/c1-5-12-24-19-14-17(20)16(13-18(19)23-8-4)15-21-10-9-11-22(6-2)7-3/h13-14,21H,5-12,15H2,1-4H3. The first-order chi connectivity index (χ1) is 11.7. The summed E-state index contributed by atoms with van der Waals surface area (Å²) in [5.74, 6) is 1.64. The highest BCUT2D eigenvalue weighted by Crippen LogP contribution is 2.34. The van der Waals surface area contributed by atoms with Crippen molar-refractivity contribution >= 4 is 15.9 Å². The van der Waals surface area contributed by atoms with Crippen LogP contribution in [0.2, 0.25) is 0 Å². The van der Waals surface area contributed by atoms with Crippen molar-refractivity contribution in [2.45, 2.75) is 47.1 Å². The Hall–Kier alpha value is -0.780. The molecule has 0 saturated carbocycles. The Balaban J connectivity index is 2.56. The van der Waals surface area contributed by atoms with Gasteiger partial charge in [-0.1, -0.05) is 36.7 Å². The van der Waals surface area contributed by atoms with E-state index in [0.717, 1.165) is 61.5 Å². The van der Waals surface area contributed by atoms with Crippen LogP contribution in [0.15, 0.2) is 16.6 Å². The van der Waals surface area contributed by atoms with Gasteiger partial charge < -0.3 is 19.7 Å². The first-order valence-electron chi connectivity index (χ1n) is 9.17. The predicted molar refractivity (Wildman–Crippen MR) is 105 cm³/mol. The minimum absolute atomic E-state index is 0.640. The van der Waals surface area contributed by atoms with Crippen molar-refractivity contribution < 1.29 is 9.47 Å². The Morgan fingerprint density at radius 2 is 1.75 bits per heavy atom. The zero-order chi connectivity index (χ0) is 17.8. The van der Waals surface area contributed by atoms with Crippen LogP contribution >= 0.6 is 15.9 Å². The highest BCUT2D eigenvalue weighted by atomic mass is 79.9. The highest BCUT2D eigenvalue weighted by Gasteiger charge is 2.10. The second kappa shape index (κ2) is 12.6. The van der Waals surface area contributed by atoms with Crippen LogP contribution in [0.4, 0.5) is 0 Å². The molecular formula is C19H33BrN2O2. The summed E-state index contributed by atoms with van der Waals surface area (Å²) in [5, 5.41) is 3.52. The van der Waals surface area contributed by atoms with Gasteiger partial charge in [0.1, 0.15) is 0 Å². The van der Waals surface area contributed by atoms with E-state index in [4.69, 9.17) is 9.47 Å². The summed E-state index contributed by atoms with van der Waals surface area (Å²) in [6.07, 6.45) is 2.15. The van der Waals surface area contributed by atoms with Gasteiger partial charge in [0, 0.05) is 11.0 Å². The van der Waals surface area contributed by atoms with Gasteiger partial charge in [0.05, 0.1) is 13.2 Å². The van der Waals surface area contributed by atoms with Gasteiger partial charge in [-0.25, -0.2) is 0 Å². The van der Waals surface area contributed by atoms with Gasteiger partial charge in [0.15, 0.2) is 11.5 Å². The number of rotatable bonds is 13. The smallest absolute Gasteiger partial charge is 0.162 e. The number of halogens is 1. The van der Waals surface area contributed by atoms with Crippen molar-refractivity contribution in [1.82, 2.24) is 10.2 Å². The summed E-state index contributed by atoms with van der Waals surface area (Å²) in [6, 6.07) is 4.10. The fourth-order valence-corrected chi connectivity index (χ4v) is 2.96. The van der Waals surface area contributed by atoms with Crippen LogP contribution in [-0.2, 0) is 6.54 Å². The second-order valence-electron chi connectivity index (χ2n) is 5.73. The molecule has 4 nitrogen and oxygen atoms in total. The molecule has 138 valence electrons. The summed E-state index contributed by atoms with van der Waals surface area (Å²) in [6.45, 7) is 15.1. The highest BCUT2D eigenvalue weighted by molar-refractivity contribution is 9.10. The molecule has 0 aromatic heterocycles. The van der Waals surface area contributed by atoms with Crippen LogP contribution in [-0.4, -0.2) is 44.3 Å². The molecule has 0 fully saturated rings. The number of ether oxygens (including phenoxy) is 2. The van der Waals surface area contributed by atoms with Gasteiger partial charge >= 0.3 is 0 Å². The molecule has 1 aromatic rings. The predicted octanol–water partition coefficient (Wildman–Crippen LogP) is 4.46. The average Bonchev–Trinajstić information content (AvgIpc) is 2.59. The van der Waals surface area contributed by atoms with Crippen molar-refractivity contribution in [1.29, 1.82) is 0 Å². The molecule has 5 heteroatoms. The first-order valence-corrected chi connectivity index (χ1v) is 9.96. The lowest BCUT2D eigenvalue weighted by atomic mass is 10.2. The first kappa shape index (κ1) is 21.3. The van der Waals surface area contributed by atoms with Crippen molar-refractivity contribution in [3.05, 3.63) is 22.2 Å². The average molecular weight is 401 g/mol. The molecule has 0 amide bonds. The zero-order valence-electron chi connectivity index (χ0n) is 15.7. The Labute approximate surface area is 156 Å². The molecule has 0 heterocycles. The molecule has 0 bridgehead atoms. The van der Waals surface area contributed by atoms with E-state index in [2.05, 4.69) is 53.0 Å². The zero-order valence-corrected chi connectivity index (χ0v) is 17.2. The Bertz CT molecular complexity index is 465. The minimum atomic E-state index is 0.640. The van der Waals surface area contributed by atoms with Crippen molar-refractivity contribution in [3.8, 4) is 11.5 Å². The molecule has 1 rings (SSSR count). The van der Waals surface area contributed by atoms with E-state index < -0.39 is 0 Å². The maximum Gasteiger partial charge on any atom is 0.162 e. The Morgan fingerprint density at radius 3 is 2.38 bits per heavy atom. The monoisotopic (exact) mass is 400 g/mol. The summed E-state index contributed by atoms with van der Waals surface area (Å²) in [5.41, 5.74) is 1.20. The van der Waals surface area contributed by atoms with Crippen molar-refractivity contribution in [2.24, 2.45) is 0 Å². The maximum absolute atomic E-state index is 5.79. The molecule has 0 unspecified atom stereocenters. The molecule has 1 N–H and O–H groups in total. The lowest BCUT2D eigenvalue weighted by molar-refractivity contribution is 0.276. The number of nitrogens with zero attached hydrogens (tertiary/aromatic N) is 1. The molecule has 0 radical (unpaired) electrons. The van der Waals surface area contributed by atoms with Gasteiger partial charge in [-0.2, -0.15) is 0 Å². The van der Waals surface area contributed by atoms with E-state index in [9.17, 15) is 0 Å².